The summed E-state index contributed by atoms with van der Waals surface area (Å²) in [7, 11) is 0. The van der Waals surface area contributed by atoms with Gasteiger partial charge in [-0.1, -0.05) is 223 Å². The van der Waals surface area contributed by atoms with Crippen LogP contribution in [0.3, 0.4) is 0 Å². The van der Waals surface area contributed by atoms with Crippen LogP contribution in [0.25, 0.3) is 0 Å². The van der Waals surface area contributed by atoms with Gasteiger partial charge in [-0.3, -0.25) is 14.4 Å². The second kappa shape index (κ2) is 48.8. The van der Waals surface area contributed by atoms with E-state index in [4.69, 9.17) is 14.2 Å². The molecule has 0 fully saturated rings. The molecule has 346 valence electrons. The zero-order valence-electron chi connectivity index (χ0n) is 39.5. The molecule has 0 saturated heterocycles. The molecule has 1 atom stereocenters. The average molecular weight is 839 g/mol. The van der Waals surface area contributed by atoms with Gasteiger partial charge in [0.1, 0.15) is 13.2 Å². The van der Waals surface area contributed by atoms with Crippen molar-refractivity contribution in [1.29, 1.82) is 0 Å². The highest BCUT2D eigenvalue weighted by Crippen LogP contribution is 2.15. The summed E-state index contributed by atoms with van der Waals surface area (Å²) in [6.45, 7) is 6.45. The van der Waals surface area contributed by atoms with Crippen molar-refractivity contribution in [3.63, 3.8) is 0 Å². The molecule has 0 aromatic rings. The van der Waals surface area contributed by atoms with E-state index in [2.05, 4.69) is 45.1 Å². The molecule has 1 unspecified atom stereocenters. The van der Waals surface area contributed by atoms with Crippen LogP contribution in [0.5, 0.6) is 0 Å². The van der Waals surface area contributed by atoms with E-state index in [-0.39, 0.29) is 31.1 Å². The Morgan fingerprint density at radius 3 is 1.08 bits per heavy atom. The maximum atomic E-state index is 12.8. The number of esters is 3. The third kappa shape index (κ3) is 46.2. The number of hydrogen-bond acceptors (Lipinski definition) is 6. The second-order valence-corrected chi connectivity index (χ2v) is 16.8. The topological polar surface area (TPSA) is 78.9 Å². The van der Waals surface area contributed by atoms with Crippen LogP contribution in [-0.2, 0) is 28.6 Å². The van der Waals surface area contributed by atoms with E-state index in [1.165, 1.54) is 122 Å². The van der Waals surface area contributed by atoms with Gasteiger partial charge in [-0.25, -0.2) is 0 Å². The first-order chi connectivity index (χ1) is 29.5. The fourth-order valence-electron chi connectivity index (χ4n) is 7.04. The van der Waals surface area contributed by atoms with E-state index >= 15 is 0 Å². The van der Waals surface area contributed by atoms with Crippen LogP contribution < -0.4 is 0 Å². The smallest absolute Gasteiger partial charge is 0.306 e. The fourth-order valence-corrected chi connectivity index (χ4v) is 7.04. The zero-order valence-corrected chi connectivity index (χ0v) is 39.5. The molecule has 0 saturated carbocycles. The summed E-state index contributed by atoms with van der Waals surface area (Å²) in [5.74, 6) is -0.943. The minimum absolute atomic E-state index is 0.0911. The predicted octanol–water partition coefficient (Wildman–Crippen LogP) is 16.5. The maximum absolute atomic E-state index is 12.8. The van der Waals surface area contributed by atoms with Crippen molar-refractivity contribution in [2.75, 3.05) is 13.2 Å². The summed E-state index contributed by atoms with van der Waals surface area (Å²) in [6.07, 6.45) is 59.2. The monoisotopic (exact) mass is 839 g/mol. The van der Waals surface area contributed by atoms with Crippen molar-refractivity contribution < 1.29 is 28.6 Å². The molecule has 0 aliphatic rings. The number of allylic oxidation sites excluding steroid dienone is 10. The number of hydrogen-bond donors (Lipinski definition) is 0. The Morgan fingerprint density at radius 2 is 0.667 bits per heavy atom. The Bertz CT molecular complexity index is 1100. The summed E-state index contributed by atoms with van der Waals surface area (Å²) in [5, 5.41) is 0. The Kier molecular flexibility index (Phi) is 46.4. The van der Waals surface area contributed by atoms with Crippen molar-refractivity contribution in [1.82, 2.24) is 0 Å². The van der Waals surface area contributed by atoms with Gasteiger partial charge in [0.2, 0.25) is 0 Å². The normalized spacial score (nSPS) is 12.5. The lowest BCUT2D eigenvalue weighted by Gasteiger charge is -2.18. The van der Waals surface area contributed by atoms with Gasteiger partial charge in [-0.2, -0.15) is 0 Å². The molecule has 0 radical (unpaired) electrons. The molecule has 0 amide bonds. The number of unbranched alkanes of at least 4 members (excludes halogenated alkanes) is 27. The van der Waals surface area contributed by atoms with Crippen molar-refractivity contribution in [3.8, 4) is 0 Å². The highest BCUT2D eigenvalue weighted by molar-refractivity contribution is 5.71. The Labute approximate surface area is 370 Å². The van der Waals surface area contributed by atoms with Crippen LogP contribution >= 0.6 is 0 Å². The first kappa shape index (κ1) is 57.1. The molecule has 6 heteroatoms. The SMILES string of the molecule is CC/C=C/C=C/C=C/C=C/CCCCCC(=O)OCC(COC(=O)CCCCCCCCCCCCCCCCC)OC(=O)CCCCC/C=C/CCCCCCCCC. The fraction of sp³-hybridized carbons (Fsp3) is 0.759. The van der Waals surface area contributed by atoms with Gasteiger partial charge in [0.05, 0.1) is 0 Å². The van der Waals surface area contributed by atoms with Crippen LogP contribution in [0.1, 0.15) is 245 Å². The molecule has 0 N–H and O–H groups in total. The maximum Gasteiger partial charge on any atom is 0.306 e. The molecule has 0 heterocycles. The molecule has 0 aromatic heterocycles. The molecule has 60 heavy (non-hydrogen) atoms. The molecule has 0 aliphatic carbocycles. The summed E-state index contributed by atoms with van der Waals surface area (Å²) >= 11 is 0. The highest BCUT2D eigenvalue weighted by atomic mass is 16.6. The van der Waals surface area contributed by atoms with Gasteiger partial charge >= 0.3 is 17.9 Å². The van der Waals surface area contributed by atoms with Crippen LogP contribution in [0.2, 0.25) is 0 Å². The van der Waals surface area contributed by atoms with E-state index in [0.29, 0.717) is 19.3 Å². The third-order valence-corrected chi connectivity index (χ3v) is 10.9. The van der Waals surface area contributed by atoms with E-state index in [1.54, 1.807) is 0 Å². The molecule has 0 aliphatic heterocycles. The lowest BCUT2D eigenvalue weighted by molar-refractivity contribution is -0.167. The molecule has 0 rings (SSSR count). The van der Waals surface area contributed by atoms with Crippen LogP contribution in [-0.4, -0.2) is 37.2 Å². The first-order valence-electron chi connectivity index (χ1n) is 25.3. The van der Waals surface area contributed by atoms with Crippen molar-refractivity contribution in [2.45, 2.75) is 252 Å². The molecule has 0 bridgehead atoms. The van der Waals surface area contributed by atoms with Gasteiger partial charge in [0.15, 0.2) is 6.10 Å². The molecule has 6 nitrogen and oxygen atoms in total. The zero-order chi connectivity index (χ0) is 43.7. The van der Waals surface area contributed by atoms with Gasteiger partial charge in [-0.15, -0.1) is 0 Å². The summed E-state index contributed by atoms with van der Waals surface area (Å²) in [5.41, 5.74) is 0. The first-order valence-corrected chi connectivity index (χ1v) is 25.3. The minimum atomic E-state index is -0.795. The largest absolute Gasteiger partial charge is 0.462 e. The van der Waals surface area contributed by atoms with Crippen LogP contribution in [0.15, 0.2) is 60.8 Å². The van der Waals surface area contributed by atoms with Gasteiger partial charge in [0.25, 0.3) is 0 Å². The van der Waals surface area contributed by atoms with Crippen LogP contribution in [0.4, 0.5) is 0 Å². The van der Waals surface area contributed by atoms with E-state index in [0.717, 1.165) is 83.5 Å². The van der Waals surface area contributed by atoms with Crippen molar-refractivity contribution >= 4 is 17.9 Å². The Balaban J connectivity index is 4.44. The summed E-state index contributed by atoms with van der Waals surface area (Å²) in [4.78, 5) is 37.9. The number of ether oxygens (including phenoxy) is 3. The van der Waals surface area contributed by atoms with Crippen molar-refractivity contribution in [3.05, 3.63) is 60.8 Å². The van der Waals surface area contributed by atoms with Crippen molar-refractivity contribution in [2.24, 2.45) is 0 Å². The predicted molar refractivity (Wildman–Crippen MR) is 256 cm³/mol. The van der Waals surface area contributed by atoms with Crippen LogP contribution in [0, 0.1) is 0 Å². The lowest BCUT2D eigenvalue weighted by Crippen LogP contribution is -2.30. The molecular formula is C54H94O6. The highest BCUT2D eigenvalue weighted by Gasteiger charge is 2.19. The average Bonchev–Trinajstić information content (AvgIpc) is 3.24. The van der Waals surface area contributed by atoms with Gasteiger partial charge in [0, 0.05) is 19.3 Å². The standard InChI is InChI=1S/C54H94O6/c1-4-7-10-13-16-19-22-25-27-30-32-35-38-41-44-47-53(56)59-50-51(49-58-52(55)46-43-40-37-34-31-28-24-21-18-15-12-9-6-3)60-54(57)48-45-42-39-36-33-29-26-23-20-17-14-11-8-5-2/h9,12,15,18,21,24,28-29,31,33,51H,4-8,10-11,13-14,16-17,19-20,22-23,25-27,30,32,34-50H2,1-3H3/b12-9+,18-15+,24-21+,31-28+,33-29+. The van der Waals surface area contributed by atoms with E-state index in [1.807, 2.05) is 36.5 Å². The minimum Gasteiger partial charge on any atom is -0.462 e. The second-order valence-electron chi connectivity index (χ2n) is 16.8. The summed E-state index contributed by atoms with van der Waals surface area (Å²) < 4.78 is 16.7. The Morgan fingerprint density at radius 1 is 0.350 bits per heavy atom. The lowest BCUT2D eigenvalue weighted by atomic mass is 10.0. The van der Waals surface area contributed by atoms with Gasteiger partial charge < -0.3 is 14.2 Å². The van der Waals surface area contributed by atoms with E-state index < -0.39 is 6.10 Å². The quantitative estimate of drug-likeness (QED) is 0.0200. The number of carbonyl (C=O) groups excluding carboxylic acids is 3. The third-order valence-electron chi connectivity index (χ3n) is 10.9. The van der Waals surface area contributed by atoms with Gasteiger partial charge in [-0.05, 0) is 64.2 Å². The summed E-state index contributed by atoms with van der Waals surface area (Å²) in [6, 6.07) is 0. The Hall–Kier alpha value is -2.89. The molecular weight excluding hydrogens is 745 g/mol. The number of rotatable bonds is 45. The molecule has 0 aromatic carbocycles. The molecule has 0 spiro atoms. The number of carbonyl (C=O) groups is 3. The van der Waals surface area contributed by atoms with E-state index in [9.17, 15) is 14.4 Å².